The second-order valence-corrected chi connectivity index (χ2v) is 6.30. The molecule has 1 N–H and O–H groups in total. The Morgan fingerprint density at radius 2 is 2.12 bits per heavy atom. The fraction of sp³-hybridized carbons (Fsp3) is 0.467. The molecule has 0 unspecified atom stereocenters. The van der Waals surface area contributed by atoms with E-state index in [9.17, 15) is 23.1 Å². The number of halogens is 3. The standard InChI is InChI=1S/C15H16F3NO5S/c1-14(13(20)21)8-25-12(19-14)10-4-3-9(23-6-5-22-2)7-11(10)24-15(16,17)18/h3-4,7H,5-6,8H2,1-2H3,(H,20,21)/t14-/m1/s1. The maximum atomic E-state index is 12.7. The van der Waals surface area contributed by atoms with Crippen LogP contribution in [0.4, 0.5) is 13.2 Å². The largest absolute Gasteiger partial charge is 0.573 e. The molecule has 1 aliphatic heterocycles. The summed E-state index contributed by atoms with van der Waals surface area (Å²) in [5, 5.41) is 9.37. The number of carboxylic acid groups (broad SMARTS) is 1. The van der Waals surface area contributed by atoms with Crippen molar-refractivity contribution in [2.75, 3.05) is 26.1 Å². The lowest BCUT2D eigenvalue weighted by Gasteiger charge is -2.15. The highest BCUT2D eigenvalue weighted by atomic mass is 32.2. The molecule has 1 aromatic carbocycles. The number of carbonyl (C=O) groups is 1. The van der Waals surface area contributed by atoms with Crippen LogP contribution in [-0.2, 0) is 9.53 Å². The first-order valence-electron chi connectivity index (χ1n) is 7.12. The van der Waals surface area contributed by atoms with E-state index < -0.39 is 23.6 Å². The minimum Gasteiger partial charge on any atom is -0.491 e. The first kappa shape index (κ1) is 19.4. The zero-order valence-electron chi connectivity index (χ0n) is 13.4. The van der Waals surface area contributed by atoms with Gasteiger partial charge in [0.05, 0.1) is 6.61 Å². The summed E-state index contributed by atoms with van der Waals surface area (Å²) in [5.74, 6) is -1.35. The molecule has 0 saturated heterocycles. The number of rotatable bonds is 7. The van der Waals surface area contributed by atoms with Crippen molar-refractivity contribution in [3.8, 4) is 11.5 Å². The van der Waals surface area contributed by atoms with Crippen LogP contribution in [0.5, 0.6) is 11.5 Å². The van der Waals surface area contributed by atoms with Crippen LogP contribution in [-0.4, -0.2) is 54.1 Å². The highest BCUT2D eigenvalue weighted by Crippen LogP contribution is 2.37. The van der Waals surface area contributed by atoms with Gasteiger partial charge >= 0.3 is 12.3 Å². The van der Waals surface area contributed by atoms with E-state index in [-0.39, 0.29) is 35.3 Å². The molecule has 0 radical (unpaired) electrons. The van der Waals surface area contributed by atoms with Crippen LogP contribution in [0.25, 0.3) is 0 Å². The summed E-state index contributed by atoms with van der Waals surface area (Å²) in [6.45, 7) is 1.84. The molecule has 1 atom stereocenters. The minimum atomic E-state index is -4.90. The minimum absolute atomic E-state index is 0.0615. The number of nitrogens with zero attached hydrogens (tertiary/aromatic N) is 1. The summed E-state index contributed by atoms with van der Waals surface area (Å²) in [7, 11) is 1.47. The Bertz CT molecular complexity index is 680. The summed E-state index contributed by atoms with van der Waals surface area (Å²) < 4.78 is 52.3. The summed E-state index contributed by atoms with van der Waals surface area (Å²) in [6.07, 6.45) is -4.90. The van der Waals surface area contributed by atoms with Gasteiger partial charge in [-0.05, 0) is 19.1 Å². The van der Waals surface area contributed by atoms with E-state index in [1.165, 1.54) is 26.2 Å². The van der Waals surface area contributed by atoms with Gasteiger partial charge in [-0.1, -0.05) is 0 Å². The Morgan fingerprint density at radius 3 is 2.68 bits per heavy atom. The molecule has 138 valence electrons. The van der Waals surface area contributed by atoms with Crippen LogP contribution in [0.3, 0.4) is 0 Å². The van der Waals surface area contributed by atoms with Gasteiger partial charge in [0.15, 0.2) is 5.54 Å². The zero-order chi connectivity index (χ0) is 18.7. The van der Waals surface area contributed by atoms with Crippen LogP contribution in [0.15, 0.2) is 23.2 Å². The molecule has 0 bridgehead atoms. The van der Waals surface area contributed by atoms with Crippen LogP contribution in [0.2, 0.25) is 0 Å². The van der Waals surface area contributed by atoms with E-state index in [1.807, 2.05) is 0 Å². The number of aliphatic imine (C=N–C) groups is 1. The molecular formula is C15H16F3NO5S. The predicted molar refractivity (Wildman–Crippen MR) is 85.5 cm³/mol. The molecule has 1 heterocycles. The first-order chi connectivity index (χ1) is 11.6. The molecule has 1 aromatic rings. The number of hydrogen-bond acceptors (Lipinski definition) is 6. The molecule has 10 heteroatoms. The average Bonchev–Trinajstić information content (AvgIpc) is 2.90. The number of carboxylic acids is 1. The molecule has 0 saturated carbocycles. The second-order valence-electron chi connectivity index (χ2n) is 5.33. The Balaban J connectivity index is 2.35. The molecule has 0 aliphatic carbocycles. The van der Waals surface area contributed by atoms with Crippen molar-refractivity contribution in [1.29, 1.82) is 0 Å². The topological polar surface area (TPSA) is 77.4 Å². The van der Waals surface area contributed by atoms with E-state index in [0.717, 1.165) is 17.8 Å². The van der Waals surface area contributed by atoms with Gasteiger partial charge in [-0.2, -0.15) is 0 Å². The van der Waals surface area contributed by atoms with Crippen LogP contribution in [0.1, 0.15) is 12.5 Å². The van der Waals surface area contributed by atoms with Crippen molar-refractivity contribution in [3.05, 3.63) is 23.8 Å². The van der Waals surface area contributed by atoms with E-state index in [4.69, 9.17) is 9.47 Å². The monoisotopic (exact) mass is 379 g/mol. The number of alkyl halides is 3. The third-order valence-electron chi connectivity index (χ3n) is 3.26. The van der Waals surface area contributed by atoms with Gasteiger partial charge in [0.25, 0.3) is 0 Å². The lowest BCUT2D eigenvalue weighted by atomic mass is 10.1. The smallest absolute Gasteiger partial charge is 0.491 e. The Kier molecular flexibility index (Phi) is 5.83. The average molecular weight is 379 g/mol. The summed E-state index contributed by atoms with van der Waals surface area (Å²) in [6, 6.07) is 3.92. The highest BCUT2D eigenvalue weighted by Gasteiger charge is 2.40. The normalized spacial score (nSPS) is 20.3. The van der Waals surface area contributed by atoms with E-state index in [0.29, 0.717) is 0 Å². The zero-order valence-corrected chi connectivity index (χ0v) is 14.2. The fourth-order valence-electron chi connectivity index (χ4n) is 1.97. The third kappa shape index (κ3) is 5.02. The van der Waals surface area contributed by atoms with Crippen LogP contribution in [0, 0.1) is 0 Å². The Hall–Kier alpha value is -1.94. The molecule has 0 amide bonds. The molecule has 25 heavy (non-hydrogen) atoms. The van der Waals surface area contributed by atoms with Crippen molar-refractivity contribution in [1.82, 2.24) is 0 Å². The van der Waals surface area contributed by atoms with Gasteiger partial charge in [-0.15, -0.1) is 24.9 Å². The molecule has 2 rings (SSSR count). The van der Waals surface area contributed by atoms with Crippen molar-refractivity contribution in [2.45, 2.75) is 18.8 Å². The lowest BCUT2D eigenvalue weighted by molar-refractivity contribution is -0.274. The maximum absolute atomic E-state index is 12.7. The van der Waals surface area contributed by atoms with Gasteiger partial charge in [-0.3, -0.25) is 4.99 Å². The number of ether oxygens (including phenoxy) is 3. The highest BCUT2D eigenvalue weighted by molar-refractivity contribution is 8.14. The Labute approximate surface area is 146 Å². The molecule has 1 aliphatic rings. The second kappa shape index (κ2) is 7.52. The van der Waals surface area contributed by atoms with Crippen LogP contribution < -0.4 is 9.47 Å². The van der Waals surface area contributed by atoms with Gasteiger partial charge in [-0.25, -0.2) is 4.79 Å². The van der Waals surface area contributed by atoms with Gasteiger partial charge in [0.2, 0.25) is 0 Å². The number of methoxy groups -OCH3 is 1. The third-order valence-corrected chi connectivity index (χ3v) is 4.56. The summed E-state index contributed by atoms with van der Waals surface area (Å²) in [5.41, 5.74) is -1.32. The summed E-state index contributed by atoms with van der Waals surface area (Å²) >= 11 is 1.06. The van der Waals surface area contributed by atoms with Crippen molar-refractivity contribution in [2.24, 2.45) is 4.99 Å². The van der Waals surface area contributed by atoms with E-state index >= 15 is 0 Å². The predicted octanol–water partition coefficient (Wildman–Crippen LogP) is 2.95. The molecule has 6 nitrogen and oxygen atoms in total. The van der Waals surface area contributed by atoms with Gasteiger partial charge < -0.3 is 19.3 Å². The van der Waals surface area contributed by atoms with Gasteiger partial charge in [0, 0.05) is 24.5 Å². The van der Waals surface area contributed by atoms with Crippen molar-refractivity contribution < 1.29 is 37.3 Å². The molecular weight excluding hydrogens is 363 g/mol. The molecule has 0 fully saturated rings. The molecule has 0 spiro atoms. The van der Waals surface area contributed by atoms with E-state index in [2.05, 4.69) is 9.73 Å². The van der Waals surface area contributed by atoms with E-state index in [1.54, 1.807) is 0 Å². The lowest BCUT2D eigenvalue weighted by Crippen LogP contribution is -2.33. The van der Waals surface area contributed by atoms with Crippen molar-refractivity contribution in [3.63, 3.8) is 0 Å². The summed E-state index contributed by atoms with van der Waals surface area (Å²) in [4.78, 5) is 15.3. The number of thioether (sulfide) groups is 1. The quantitative estimate of drug-likeness (QED) is 0.734. The fourth-order valence-corrected chi connectivity index (χ4v) is 3.16. The van der Waals surface area contributed by atoms with Crippen LogP contribution >= 0.6 is 11.8 Å². The maximum Gasteiger partial charge on any atom is 0.573 e. The first-order valence-corrected chi connectivity index (χ1v) is 8.11. The molecule has 0 aromatic heterocycles. The van der Waals surface area contributed by atoms with Gasteiger partial charge in [0.1, 0.15) is 23.1 Å². The Morgan fingerprint density at radius 1 is 1.40 bits per heavy atom. The SMILES string of the molecule is COCCOc1ccc(C2=N[C@@](C)(C(=O)O)CS2)c(OC(F)(F)F)c1. The number of benzene rings is 1. The number of aliphatic carboxylic acids is 1. The number of hydrogen-bond donors (Lipinski definition) is 1. The van der Waals surface area contributed by atoms with Crippen molar-refractivity contribution >= 4 is 22.8 Å².